The SMILES string of the molecule is CC1=CC(C)(OC(=O)c2ccc([N+](=O)[O-])cc2)C(=N)C(C)=C1. The number of non-ortho nitro benzene ring substituents is 1. The van der Waals surface area contributed by atoms with E-state index in [0.717, 1.165) is 11.1 Å². The maximum atomic E-state index is 12.2. The number of esters is 1. The van der Waals surface area contributed by atoms with Gasteiger partial charge in [-0.3, -0.25) is 10.1 Å². The summed E-state index contributed by atoms with van der Waals surface area (Å²) in [7, 11) is 0. The van der Waals surface area contributed by atoms with Gasteiger partial charge in [0.05, 0.1) is 16.2 Å². The van der Waals surface area contributed by atoms with Crippen molar-refractivity contribution < 1.29 is 14.5 Å². The molecule has 114 valence electrons. The molecule has 1 N–H and O–H groups in total. The Morgan fingerprint density at radius 1 is 1.27 bits per heavy atom. The third-order valence-corrected chi connectivity index (χ3v) is 3.46. The van der Waals surface area contributed by atoms with E-state index in [1.54, 1.807) is 19.9 Å². The van der Waals surface area contributed by atoms with Crippen LogP contribution in [-0.2, 0) is 4.74 Å². The fourth-order valence-electron chi connectivity index (χ4n) is 2.40. The summed E-state index contributed by atoms with van der Waals surface area (Å²) < 4.78 is 5.47. The molecule has 1 unspecified atom stereocenters. The minimum Gasteiger partial charge on any atom is -0.445 e. The van der Waals surface area contributed by atoms with Gasteiger partial charge in [0.1, 0.15) is 0 Å². The van der Waals surface area contributed by atoms with Crippen molar-refractivity contribution in [3.05, 3.63) is 63.2 Å². The van der Waals surface area contributed by atoms with Crippen molar-refractivity contribution in [3.8, 4) is 0 Å². The molecule has 1 aliphatic carbocycles. The van der Waals surface area contributed by atoms with E-state index in [9.17, 15) is 14.9 Å². The second kappa shape index (κ2) is 5.55. The van der Waals surface area contributed by atoms with Gasteiger partial charge in [-0.25, -0.2) is 4.79 Å². The smallest absolute Gasteiger partial charge is 0.339 e. The van der Waals surface area contributed by atoms with Crippen molar-refractivity contribution in [2.24, 2.45) is 0 Å². The van der Waals surface area contributed by atoms with E-state index in [1.807, 2.05) is 13.0 Å². The van der Waals surface area contributed by atoms with Gasteiger partial charge < -0.3 is 10.1 Å². The van der Waals surface area contributed by atoms with Crippen LogP contribution in [0.5, 0.6) is 0 Å². The van der Waals surface area contributed by atoms with Gasteiger partial charge in [-0.1, -0.05) is 11.6 Å². The number of nitro groups is 1. The first-order valence-electron chi connectivity index (χ1n) is 6.68. The van der Waals surface area contributed by atoms with Gasteiger partial charge in [-0.2, -0.15) is 0 Å². The van der Waals surface area contributed by atoms with Crippen molar-refractivity contribution in [2.75, 3.05) is 0 Å². The first-order chi connectivity index (χ1) is 10.2. The number of nitrogens with one attached hydrogen (secondary N) is 1. The summed E-state index contributed by atoms with van der Waals surface area (Å²) in [6.07, 6.45) is 3.56. The minimum absolute atomic E-state index is 0.0947. The van der Waals surface area contributed by atoms with Crippen LogP contribution in [0.15, 0.2) is 47.6 Å². The number of carbonyl (C=O) groups excluding carboxylic acids is 1. The van der Waals surface area contributed by atoms with Gasteiger partial charge in [0.25, 0.3) is 5.69 Å². The van der Waals surface area contributed by atoms with Crippen molar-refractivity contribution in [3.63, 3.8) is 0 Å². The Hall–Kier alpha value is -2.76. The summed E-state index contributed by atoms with van der Waals surface area (Å²) in [6, 6.07) is 5.18. The number of hydrogen-bond acceptors (Lipinski definition) is 5. The van der Waals surface area contributed by atoms with E-state index in [-0.39, 0.29) is 17.0 Å². The molecule has 1 atom stereocenters. The number of allylic oxidation sites excluding steroid dienone is 2. The summed E-state index contributed by atoms with van der Waals surface area (Å²) in [6.45, 7) is 5.31. The van der Waals surface area contributed by atoms with Crippen LogP contribution in [0.25, 0.3) is 0 Å². The zero-order chi connectivity index (χ0) is 16.5. The van der Waals surface area contributed by atoms with Gasteiger partial charge in [0.15, 0.2) is 5.60 Å². The van der Waals surface area contributed by atoms with Crippen LogP contribution >= 0.6 is 0 Å². The molecule has 22 heavy (non-hydrogen) atoms. The Labute approximate surface area is 127 Å². The molecule has 0 aromatic heterocycles. The average molecular weight is 300 g/mol. The normalized spacial score (nSPS) is 21.0. The summed E-state index contributed by atoms with van der Waals surface area (Å²) in [5, 5.41) is 18.7. The largest absolute Gasteiger partial charge is 0.445 e. The van der Waals surface area contributed by atoms with Gasteiger partial charge in [-0.05, 0) is 44.6 Å². The van der Waals surface area contributed by atoms with Gasteiger partial charge in [0.2, 0.25) is 0 Å². The van der Waals surface area contributed by atoms with Crippen LogP contribution in [0.4, 0.5) is 5.69 Å². The van der Waals surface area contributed by atoms with Crippen molar-refractivity contribution in [1.82, 2.24) is 0 Å². The molecular formula is C16H16N2O4. The standard InChI is InChI=1S/C16H16N2O4/c1-10-8-11(2)14(17)16(3,9-10)22-15(19)12-4-6-13(7-5-12)18(20)21/h4-9,17H,1-3H3. The van der Waals surface area contributed by atoms with Gasteiger partial charge in [0, 0.05) is 12.1 Å². The number of benzene rings is 1. The Bertz CT molecular complexity index is 716. The Morgan fingerprint density at radius 2 is 1.86 bits per heavy atom. The highest BCUT2D eigenvalue weighted by molar-refractivity contribution is 6.08. The number of nitrogens with zero attached hydrogens (tertiary/aromatic N) is 1. The van der Waals surface area contributed by atoms with E-state index in [1.165, 1.54) is 24.3 Å². The number of nitro benzene ring substituents is 1. The number of hydrogen-bond donors (Lipinski definition) is 1. The molecule has 1 aromatic rings. The summed E-state index contributed by atoms with van der Waals surface area (Å²) in [5.41, 5.74) is 0.835. The summed E-state index contributed by atoms with van der Waals surface area (Å²) >= 11 is 0. The molecule has 6 nitrogen and oxygen atoms in total. The lowest BCUT2D eigenvalue weighted by Crippen LogP contribution is -2.40. The summed E-state index contributed by atoms with van der Waals surface area (Å²) in [4.78, 5) is 22.3. The third-order valence-electron chi connectivity index (χ3n) is 3.46. The van der Waals surface area contributed by atoms with Crippen LogP contribution in [0.1, 0.15) is 31.1 Å². The van der Waals surface area contributed by atoms with Crippen molar-refractivity contribution >= 4 is 17.4 Å². The zero-order valence-electron chi connectivity index (χ0n) is 12.5. The Kier molecular flexibility index (Phi) is 3.95. The van der Waals surface area contributed by atoms with E-state index in [2.05, 4.69) is 0 Å². The fraction of sp³-hybridized carbons (Fsp3) is 0.250. The van der Waals surface area contributed by atoms with E-state index >= 15 is 0 Å². The van der Waals surface area contributed by atoms with Crippen LogP contribution in [0, 0.1) is 15.5 Å². The summed E-state index contributed by atoms with van der Waals surface area (Å²) in [5.74, 6) is -0.624. The van der Waals surface area contributed by atoms with Crippen LogP contribution < -0.4 is 0 Å². The first-order valence-corrected chi connectivity index (χ1v) is 6.68. The van der Waals surface area contributed by atoms with Crippen LogP contribution in [0.2, 0.25) is 0 Å². The average Bonchev–Trinajstić information content (AvgIpc) is 2.44. The number of carbonyl (C=O) groups is 1. The molecule has 0 saturated carbocycles. The van der Waals surface area contributed by atoms with E-state index in [4.69, 9.17) is 10.1 Å². The maximum Gasteiger partial charge on any atom is 0.339 e. The quantitative estimate of drug-likeness (QED) is 0.525. The highest BCUT2D eigenvalue weighted by Gasteiger charge is 2.35. The molecule has 6 heteroatoms. The van der Waals surface area contributed by atoms with Gasteiger partial charge in [-0.15, -0.1) is 0 Å². The van der Waals surface area contributed by atoms with Gasteiger partial charge >= 0.3 is 5.97 Å². The molecule has 0 heterocycles. The van der Waals surface area contributed by atoms with E-state index in [0.29, 0.717) is 0 Å². The highest BCUT2D eigenvalue weighted by Crippen LogP contribution is 2.27. The lowest BCUT2D eigenvalue weighted by Gasteiger charge is -2.31. The molecule has 0 fully saturated rings. The second-order valence-electron chi connectivity index (χ2n) is 5.39. The molecule has 2 rings (SSSR count). The van der Waals surface area contributed by atoms with E-state index < -0.39 is 16.5 Å². The molecule has 0 aliphatic heterocycles. The number of ether oxygens (including phenoxy) is 1. The molecule has 1 aromatic carbocycles. The topological polar surface area (TPSA) is 93.3 Å². The molecular weight excluding hydrogens is 284 g/mol. The molecule has 1 aliphatic rings. The fourth-order valence-corrected chi connectivity index (χ4v) is 2.40. The monoisotopic (exact) mass is 300 g/mol. The zero-order valence-corrected chi connectivity index (χ0v) is 12.5. The lowest BCUT2D eigenvalue weighted by molar-refractivity contribution is -0.384. The molecule has 0 saturated heterocycles. The Balaban J connectivity index is 2.23. The van der Waals surface area contributed by atoms with Crippen LogP contribution in [-0.4, -0.2) is 22.2 Å². The predicted molar refractivity (Wildman–Crippen MR) is 82.2 cm³/mol. The third kappa shape index (κ3) is 2.95. The molecule has 0 amide bonds. The number of rotatable bonds is 3. The Morgan fingerprint density at radius 3 is 2.41 bits per heavy atom. The lowest BCUT2D eigenvalue weighted by atomic mass is 9.86. The maximum absolute atomic E-state index is 12.2. The molecule has 0 radical (unpaired) electrons. The van der Waals surface area contributed by atoms with Crippen LogP contribution in [0.3, 0.4) is 0 Å². The highest BCUT2D eigenvalue weighted by atomic mass is 16.6. The molecule has 0 bridgehead atoms. The van der Waals surface area contributed by atoms with Crippen molar-refractivity contribution in [2.45, 2.75) is 26.4 Å². The molecule has 0 spiro atoms. The predicted octanol–water partition coefficient (Wildman–Crippen LogP) is 3.44. The second-order valence-corrected chi connectivity index (χ2v) is 5.39. The first kappa shape index (κ1) is 15.6. The minimum atomic E-state index is -1.14. The van der Waals surface area contributed by atoms with Crippen molar-refractivity contribution in [1.29, 1.82) is 5.41 Å².